The van der Waals surface area contributed by atoms with E-state index in [0.717, 1.165) is 24.5 Å². The van der Waals surface area contributed by atoms with Gasteiger partial charge in [-0.15, -0.1) is 0 Å². The number of amides is 3. The van der Waals surface area contributed by atoms with Gasteiger partial charge in [-0.3, -0.25) is 14.4 Å². The fourth-order valence-electron chi connectivity index (χ4n) is 4.97. The average Bonchev–Trinajstić information content (AvgIpc) is 3.44. The summed E-state index contributed by atoms with van der Waals surface area (Å²) < 4.78 is 49.2. The zero-order chi connectivity index (χ0) is 32.8. The number of ether oxygens (including phenoxy) is 1. The normalized spacial score (nSPS) is 15.8. The van der Waals surface area contributed by atoms with Gasteiger partial charge in [-0.25, -0.2) is 4.98 Å². The topological polar surface area (TPSA) is 132 Å². The number of imidazole rings is 1. The molecule has 13 heteroatoms. The molecule has 1 aromatic heterocycles. The lowest BCUT2D eigenvalue weighted by atomic mass is 9.95. The smallest absolute Gasteiger partial charge is 0.374 e. The molecule has 4 rings (SSSR count). The molecule has 2 aromatic carbocycles. The SMILES string of the molecule is CC1CCN(C(=O)C(c2ccccc2C(F)(F)F)n2cnc(NC(=O)[C@@H](COCc3ccccc3)NC(=O)C(C)(C)N)c2)CC1. The van der Waals surface area contributed by atoms with Crippen molar-refractivity contribution in [1.82, 2.24) is 19.8 Å². The van der Waals surface area contributed by atoms with Crippen LogP contribution in [0.2, 0.25) is 0 Å². The van der Waals surface area contributed by atoms with Crippen molar-refractivity contribution in [2.75, 3.05) is 25.0 Å². The molecule has 242 valence electrons. The fraction of sp³-hybridized carbons (Fsp3) is 0.438. The van der Waals surface area contributed by atoms with E-state index in [9.17, 15) is 27.6 Å². The Morgan fingerprint density at radius 3 is 2.33 bits per heavy atom. The highest BCUT2D eigenvalue weighted by Gasteiger charge is 2.39. The van der Waals surface area contributed by atoms with Crippen LogP contribution >= 0.6 is 0 Å². The molecule has 3 amide bonds. The van der Waals surface area contributed by atoms with Crippen molar-refractivity contribution in [2.24, 2.45) is 11.7 Å². The minimum atomic E-state index is -4.70. The second kappa shape index (κ2) is 14.2. The molecule has 0 bridgehead atoms. The summed E-state index contributed by atoms with van der Waals surface area (Å²) in [5, 5.41) is 5.18. The molecule has 4 N–H and O–H groups in total. The van der Waals surface area contributed by atoms with Gasteiger partial charge < -0.3 is 30.6 Å². The Labute approximate surface area is 260 Å². The molecular weight excluding hydrogens is 589 g/mol. The predicted octanol–water partition coefficient (Wildman–Crippen LogP) is 4.13. The van der Waals surface area contributed by atoms with Gasteiger partial charge in [0.25, 0.3) is 5.91 Å². The lowest BCUT2D eigenvalue weighted by Gasteiger charge is -2.34. The first kappa shape index (κ1) is 33.7. The van der Waals surface area contributed by atoms with Crippen molar-refractivity contribution < 1.29 is 32.3 Å². The van der Waals surface area contributed by atoms with Crippen LogP contribution in [-0.2, 0) is 31.9 Å². The fourth-order valence-corrected chi connectivity index (χ4v) is 4.97. The Morgan fingerprint density at radius 1 is 1.04 bits per heavy atom. The van der Waals surface area contributed by atoms with E-state index in [0.29, 0.717) is 19.0 Å². The summed E-state index contributed by atoms with van der Waals surface area (Å²) in [4.78, 5) is 45.6. The second-order valence-electron chi connectivity index (χ2n) is 11.9. The number of nitrogens with two attached hydrogens (primary N) is 1. The van der Waals surface area contributed by atoms with Gasteiger partial charge in [0.1, 0.15) is 12.1 Å². The maximum Gasteiger partial charge on any atom is 0.416 e. The van der Waals surface area contributed by atoms with Crippen molar-refractivity contribution in [3.8, 4) is 0 Å². The summed E-state index contributed by atoms with van der Waals surface area (Å²) in [5.74, 6) is -1.40. The van der Waals surface area contributed by atoms with Crippen LogP contribution in [0.5, 0.6) is 0 Å². The third-order valence-corrected chi connectivity index (χ3v) is 7.64. The molecule has 0 radical (unpaired) electrons. The predicted molar refractivity (Wildman–Crippen MR) is 162 cm³/mol. The van der Waals surface area contributed by atoms with Crippen LogP contribution in [0.25, 0.3) is 0 Å². The molecule has 0 saturated carbocycles. The number of alkyl halides is 3. The molecule has 1 saturated heterocycles. The number of nitrogens with zero attached hydrogens (tertiary/aromatic N) is 3. The van der Waals surface area contributed by atoms with E-state index in [2.05, 4.69) is 22.5 Å². The standard InChI is InChI=1S/C32H39F3N6O4/c1-21-13-15-40(16-14-21)29(43)27(23-11-7-8-12-24(23)32(33,34)35)41-17-26(37-20-41)39-28(42)25(38-30(44)31(2,3)36)19-45-18-22-9-5-4-6-10-22/h4-12,17,20-21,25,27H,13-16,18-19,36H2,1-3H3,(H,38,44)(H,39,42)/t25-,27?/m1/s1. The molecule has 45 heavy (non-hydrogen) atoms. The molecule has 0 spiro atoms. The highest BCUT2D eigenvalue weighted by atomic mass is 19.4. The summed E-state index contributed by atoms with van der Waals surface area (Å²) in [5.41, 5.74) is 4.33. The first-order valence-electron chi connectivity index (χ1n) is 14.7. The van der Waals surface area contributed by atoms with E-state index in [1.165, 1.54) is 49.1 Å². The number of piperidine rings is 1. The van der Waals surface area contributed by atoms with E-state index >= 15 is 0 Å². The molecule has 1 unspecified atom stereocenters. The molecule has 2 atom stereocenters. The number of carbonyl (C=O) groups is 3. The summed E-state index contributed by atoms with van der Waals surface area (Å²) in [7, 11) is 0. The molecular formula is C32H39F3N6O4. The zero-order valence-corrected chi connectivity index (χ0v) is 25.5. The molecule has 10 nitrogen and oxygen atoms in total. The minimum absolute atomic E-state index is 0.0242. The average molecular weight is 629 g/mol. The van der Waals surface area contributed by atoms with Crippen LogP contribution in [0.3, 0.4) is 0 Å². The molecule has 1 fully saturated rings. The number of carbonyl (C=O) groups excluding carboxylic acids is 3. The number of aromatic nitrogens is 2. The van der Waals surface area contributed by atoms with Gasteiger partial charge in [-0.05, 0) is 49.8 Å². The van der Waals surface area contributed by atoms with E-state index < -0.39 is 47.1 Å². The van der Waals surface area contributed by atoms with Crippen LogP contribution in [-0.4, -0.2) is 63.4 Å². The monoisotopic (exact) mass is 628 g/mol. The lowest BCUT2D eigenvalue weighted by Crippen LogP contribution is -2.56. The quantitative estimate of drug-likeness (QED) is 0.293. The van der Waals surface area contributed by atoms with Crippen LogP contribution in [0.15, 0.2) is 67.1 Å². The maximum atomic E-state index is 14.1. The van der Waals surface area contributed by atoms with E-state index in [1.807, 2.05) is 30.3 Å². The van der Waals surface area contributed by atoms with E-state index in [-0.39, 0.29) is 24.6 Å². The molecule has 1 aliphatic rings. The first-order valence-corrected chi connectivity index (χ1v) is 14.7. The van der Waals surface area contributed by atoms with Crippen LogP contribution < -0.4 is 16.4 Å². The Kier molecular flexibility index (Phi) is 10.7. The molecule has 0 aliphatic carbocycles. The third kappa shape index (κ3) is 8.92. The van der Waals surface area contributed by atoms with Crippen LogP contribution in [0, 0.1) is 5.92 Å². The summed E-state index contributed by atoms with van der Waals surface area (Å²) in [6, 6.07) is 11.6. The Bertz CT molecular complexity index is 1460. The summed E-state index contributed by atoms with van der Waals surface area (Å²) >= 11 is 0. The van der Waals surface area contributed by atoms with Gasteiger partial charge in [0, 0.05) is 19.3 Å². The molecule has 3 aromatic rings. The summed E-state index contributed by atoms with van der Waals surface area (Å²) in [6.07, 6.45) is -0.713. The van der Waals surface area contributed by atoms with Crippen LogP contribution in [0.1, 0.15) is 56.3 Å². The van der Waals surface area contributed by atoms with Gasteiger partial charge in [0.15, 0.2) is 5.82 Å². The number of hydrogen-bond donors (Lipinski definition) is 3. The minimum Gasteiger partial charge on any atom is -0.374 e. The molecule has 1 aliphatic heterocycles. The number of nitrogens with one attached hydrogen (secondary N) is 2. The van der Waals surface area contributed by atoms with Gasteiger partial charge in [-0.1, -0.05) is 55.5 Å². The summed E-state index contributed by atoms with van der Waals surface area (Å²) in [6.45, 7) is 5.87. The van der Waals surface area contributed by atoms with Crippen molar-refractivity contribution in [2.45, 2.75) is 64.0 Å². The van der Waals surface area contributed by atoms with Gasteiger partial charge in [-0.2, -0.15) is 13.2 Å². The number of halogens is 3. The Balaban J connectivity index is 1.58. The van der Waals surface area contributed by atoms with E-state index in [4.69, 9.17) is 10.5 Å². The zero-order valence-electron chi connectivity index (χ0n) is 25.5. The van der Waals surface area contributed by atoms with Crippen molar-refractivity contribution in [1.29, 1.82) is 0 Å². The van der Waals surface area contributed by atoms with E-state index in [1.54, 1.807) is 4.90 Å². The largest absolute Gasteiger partial charge is 0.416 e. The van der Waals surface area contributed by atoms with Crippen molar-refractivity contribution in [3.63, 3.8) is 0 Å². The number of anilines is 1. The van der Waals surface area contributed by atoms with Gasteiger partial charge in [0.2, 0.25) is 11.8 Å². The van der Waals surface area contributed by atoms with Crippen molar-refractivity contribution >= 4 is 23.5 Å². The Morgan fingerprint density at radius 2 is 1.69 bits per heavy atom. The highest BCUT2D eigenvalue weighted by Crippen LogP contribution is 2.37. The van der Waals surface area contributed by atoms with Gasteiger partial charge in [0.05, 0.1) is 30.6 Å². The van der Waals surface area contributed by atoms with Crippen molar-refractivity contribution in [3.05, 3.63) is 83.8 Å². The third-order valence-electron chi connectivity index (χ3n) is 7.64. The molecule has 2 heterocycles. The number of benzene rings is 2. The number of hydrogen-bond acceptors (Lipinski definition) is 6. The maximum absolute atomic E-state index is 14.1. The Hall–Kier alpha value is -4.23. The second-order valence-corrected chi connectivity index (χ2v) is 11.9. The number of rotatable bonds is 11. The highest BCUT2D eigenvalue weighted by molar-refractivity contribution is 5.98. The van der Waals surface area contributed by atoms with Gasteiger partial charge >= 0.3 is 6.18 Å². The number of likely N-dealkylation sites (tertiary alicyclic amines) is 1. The lowest BCUT2D eigenvalue weighted by molar-refractivity contribution is -0.140. The van der Waals surface area contributed by atoms with Crippen LogP contribution in [0.4, 0.5) is 19.0 Å². The first-order chi connectivity index (χ1) is 21.2.